The van der Waals surface area contributed by atoms with Gasteiger partial charge in [-0.3, -0.25) is 9.79 Å². The predicted octanol–water partition coefficient (Wildman–Crippen LogP) is 5.72. The Hall–Kier alpha value is -4.65. The Labute approximate surface area is 216 Å². The molecule has 184 valence electrons. The first-order valence-electron chi connectivity index (χ1n) is 12.2. The van der Waals surface area contributed by atoms with Crippen molar-refractivity contribution in [3.05, 3.63) is 107 Å². The molecule has 0 amide bonds. The van der Waals surface area contributed by atoms with Gasteiger partial charge in [0.15, 0.2) is 5.82 Å². The van der Waals surface area contributed by atoms with E-state index in [0.29, 0.717) is 37.1 Å². The zero-order valence-electron chi connectivity index (χ0n) is 20.9. The number of benzene rings is 3. The van der Waals surface area contributed by atoms with E-state index in [4.69, 9.17) is 0 Å². The molecule has 7 heteroatoms. The molecule has 0 aliphatic carbocycles. The van der Waals surface area contributed by atoms with Gasteiger partial charge in [0.2, 0.25) is 11.9 Å². The highest BCUT2D eigenvalue weighted by Gasteiger charge is 2.12. The summed E-state index contributed by atoms with van der Waals surface area (Å²) in [5, 5.41) is 6.47. The third kappa shape index (κ3) is 6.52. The number of Topliss-reactive ketones (excluding diaryl/α,β-unsaturated/α-hetero) is 1. The van der Waals surface area contributed by atoms with Crippen LogP contribution in [0.3, 0.4) is 0 Å². The molecule has 1 aliphatic heterocycles. The molecule has 7 nitrogen and oxygen atoms in total. The lowest BCUT2D eigenvalue weighted by Gasteiger charge is -2.10. The van der Waals surface area contributed by atoms with Crippen LogP contribution in [0.1, 0.15) is 23.6 Å². The van der Waals surface area contributed by atoms with E-state index in [9.17, 15) is 4.79 Å². The number of hydrogen-bond acceptors (Lipinski definition) is 7. The highest BCUT2D eigenvalue weighted by atomic mass is 16.1. The molecule has 0 unspecified atom stereocenters. The van der Waals surface area contributed by atoms with Crippen LogP contribution in [-0.4, -0.2) is 33.1 Å². The number of carbonyl (C=O) groups is 1. The van der Waals surface area contributed by atoms with Crippen LogP contribution in [0.2, 0.25) is 0 Å². The molecule has 0 saturated carbocycles. The molecule has 37 heavy (non-hydrogen) atoms. The SMILES string of the molecule is CC1=CC(Nc2nc(Nc3ccc(CC(=O)Cc4ccc(C)cc4)cc3)nc(-c3ccccc3)n2)=NC1. The van der Waals surface area contributed by atoms with Gasteiger partial charge in [0, 0.05) is 24.1 Å². The van der Waals surface area contributed by atoms with Gasteiger partial charge in [-0.15, -0.1) is 0 Å². The molecule has 0 spiro atoms. The molecule has 1 aliphatic rings. The largest absolute Gasteiger partial charge is 0.324 e. The van der Waals surface area contributed by atoms with Gasteiger partial charge in [0.25, 0.3) is 0 Å². The van der Waals surface area contributed by atoms with Crippen molar-refractivity contribution in [1.82, 2.24) is 15.0 Å². The number of carbonyl (C=O) groups excluding carboxylic acids is 1. The number of anilines is 3. The van der Waals surface area contributed by atoms with Crippen LogP contribution in [0.4, 0.5) is 17.6 Å². The number of hydrogen-bond donors (Lipinski definition) is 2. The Morgan fingerprint density at radius 3 is 2.00 bits per heavy atom. The maximum atomic E-state index is 12.6. The van der Waals surface area contributed by atoms with Crippen molar-refractivity contribution in [2.75, 3.05) is 17.2 Å². The van der Waals surface area contributed by atoms with Crippen LogP contribution < -0.4 is 10.6 Å². The fourth-order valence-corrected chi connectivity index (χ4v) is 3.99. The summed E-state index contributed by atoms with van der Waals surface area (Å²) in [5.41, 5.74) is 6.08. The number of nitrogens with zero attached hydrogens (tertiary/aromatic N) is 4. The minimum atomic E-state index is 0.185. The molecule has 4 aromatic rings. The number of rotatable bonds is 8. The van der Waals surface area contributed by atoms with E-state index in [2.05, 4.69) is 30.6 Å². The zero-order chi connectivity index (χ0) is 25.6. The first-order chi connectivity index (χ1) is 18.0. The zero-order valence-corrected chi connectivity index (χ0v) is 20.9. The lowest BCUT2D eigenvalue weighted by molar-refractivity contribution is -0.117. The maximum absolute atomic E-state index is 12.6. The van der Waals surface area contributed by atoms with Crippen LogP contribution in [0, 0.1) is 6.92 Å². The number of ketones is 1. The van der Waals surface area contributed by atoms with Crippen LogP contribution in [0.5, 0.6) is 0 Å². The molecular weight excluding hydrogens is 460 g/mol. The first-order valence-corrected chi connectivity index (χ1v) is 12.2. The molecule has 1 aromatic heterocycles. The molecule has 0 saturated heterocycles. The van der Waals surface area contributed by atoms with Crippen molar-refractivity contribution < 1.29 is 4.79 Å². The highest BCUT2D eigenvalue weighted by molar-refractivity contribution is 6.04. The maximum Gasteiger partial charge on any atom is 0.233 e. The lowest BCUT2D eigenvalue weighted by atomic mass is 10.0. The Balaban J connectivity index is 1.30. The summed E-state index contributed by atoms with van der Waals surface area (Å²) in [6.45, 7) is 4.75. The number of amidine groups is 1. The van der Waals surface area contributed by atoms with E-state index >= 15 is 0 Å². The quantitative estimate of drug-likeness (QED) is 0.330. The van der Waals surface area contributed by atoms with Gasteiger partial charge in [-0.2, -0.15) is 15.0 Å². The van der Waals surface area contributed by atoms with E-state index in [1.54, 1.807) is 0 Å². The fourth-order valence-electron chi connectivity index (χ4n) is 3.99. The number of nitrogens with one attached hydrogen (secondary N) is 2. The normalized spacial score (nSPS) is 12.6. The molecule has 5 rings (SSSR count). The van der Waals surface area contributed by atoms with Crippen molar-refractivity contribution in [1.29, 1.82) is 0 Å². The van der Waals surface area contributed by atoms with Gasteiger partial charge < -0.3 is 10.6 Å². The Bertz CT molecular complexity index is 1460. The van der Waals surface area contributed by atoms with Crippen LogP contribution in [0.15, 0.2) is 95.5 Å². The van der Waals surface area contributed by atoms with Crippen LogP contribution >= 0.6 is 0 Å². The smallest absolute Gasteiger partial charge is 0.233 e. The van der Waals surface area contributed by atoms with E-state index in [1.165, 1.54) is 11.1 Å². The minimum Gasteiger partial charge on any atom is -0.324 e. The van der Waals surface area contributed by atoms with Gasteiger partial charge >= 0.3 is 0 Å². The highest BCUT2D eigenvalue weighted by Crippen LogP contribution is 2.21. The summed E-state index contributed by atoms with van der Waals surface area (Å²) in [4.78, 5) is 30.8. The van der Waals surface area contributed by atoms with E-state index < -0.39 is 0 Å². The van der Waals surface area contributed by atoms with Gasteiger partial charge in [-0.05, 0) is 48.8 Å². The average Bonchev–Trinajstić information content (AvgIpc) is 3.31. The van der Waals surface area contributed by atoms with Crippen molar-refractivity contribution in [3.63, 3.8) is 0 Å². The second-order valence-corrected chi connectivity index (χ2v) is 9.19. The number of aliphatic imine (C=N–C) groups is 1. The van der Waals surface area contributed by atoms with Crippen molar-refractivity contribution >= 4 is 29.2 Å². The molecular formula is C30H28N6O. The summed E-state index contributed by atoms with van der Waals surface area (Å²) < 4.78 is 0. The third-order valence-electron chi connectivity index (χ3n) is 5.92. The molecule has 0 fully saturated rings. The minimum absolute atomic E-state index is 0.185. The summed E-state index contributed by atoms with van der Waals surface area (Å²) in [6.07, 6.45) is 2.81. The van der Waals surface area contributed by atoms with Gasteiger partial charge in [-0.25, -0.2) is 0 Å². The van der Waals surface area contributed by atoms with Gasteiger partial charge in [-0.1, -0.05) is 72.3 Å². The molecule has 2 N–H and O–H groups in total. The second-order valence-electron chi connectivity index (χ2n) is 9.19. The standard InChI is InChI=1S/C30H28N6O/c1-20-8-10-22(11-9-20)17-26(37)18-23-12-14-25(15-13-23)32-29-34-28(24-6-4-3-5-7-24)35-30(36-29)33-27-16-21(2)19-31-27/h3-16H,17-19H2,1-2H3,(H2,31,32,33,34,35,36). The average molecular weight is 489 g/mol. The monoisotopic (exact) mass is 488 g/mol. The van der Waals surface area contributed by atoms with E-state index in [0.717, 1.165) is 28.2 Å². The Kier molecular flexibility index (Phi) is 7.12. The fraction of sp³-hybridized carbons (Fsp3) is 0.167. The summed E-state index contributed by atoms with van der Waals surface area (Å²) in [5.74, 6) is 2.30. The number of aryl methyl sites for hydroxylation is 1. The van der Waals surface area contributed by atoms with Crippen molar-refractivity contribution in [2.45, 2.75) is 26.7 Å². The lowest BCUT2D eigenvalue weighted by Crippen LogP contribution is -2.13. The predicted molar refractivity (Wildman–Crippen MR) is 148 cm³/mol. The van der Waals surface area contributed by atoms with E-state index in [1.807, 2.05) is 98.8 Å². The third-order valence-corrected chi connectivity index (χ3v) is 5.92. The summed E-state index contributed by atoms with van der Waals surface area (Å²) >= 11 is 0. The Morgan fingerprint density at radius 1 is 0.757 bits per heavy atom. The molecule has 0 bridgehead atoms. The molecule has 0 atom stereocenters. The molecule has 3 aromatic carbocycles. The molecule has 0 radical (unpaired) electrons. The van der Waals surface area contributed by atoms with Crippen LogP contribution in [-0.2, 0) is 17.6 Å². The van der Waals surface area contributed by atoms with Gasteiger partial charge in [0.1, 0.15) is 11.6 Å². The first kappa shape index (κ1) is 24.1. The van der Waals surface area contributed by atoms with Crippen molar-refractivity contribution in [2.24, 2.45) is 4.99 Å². The van der Waals surface area contributed by atoms with E-state index in [-0.39, 0.29) is 5.78 Å². The van der Waals surface area contributed by atoms with Crippen molar-refractivity contribution in [3.8, 4) is 11.4 Å². The second kappa shape index (κ2) is 11.0. The molecule has 2 heterocycles. The van der Waals surface area contributed by atoms with Gasteiger partial charge in [0.05, 0.1) is 6.54 Å². The Morgan fingerprint density at radius 2 is 1.38 bits per heavy atom. The number of aromatic nitrogens is 3. The summed E-state index contributed by atoms with van der Waals surface area (Å²) in [6, 6.07) is 25.6. The summed E-state index contributed by atoms with van der Waals surface area (Å²) in [7, 11) is 0. The topological polar surface area (TPSA) is 92.2 Å². The van der Waals surface area contributed by atoms with Crippen LogP contribution in [0.25, 0.3) is 11.4 Å².